The highest BCUT2D eigenvalue weighted by Gasteiger charge is 2.24. The molecule has 2 unspecified atom stereocenters. The number of ether oxygens (including phenoxy) is 1. The molecule has 1 fully saturated rings. The van der Waals surface area contributed by atoms with E-state index in [4.69, 9.17) is 4.74 Å². The fourth-order valence-electron chi connectivity index (χ4n) is 2.32. The molecule has 4 heteroatoms. The number of rotatable bonds is 5. The SMILES string of the molecule is CCCNCc1ccc(N2CC(C)OCC2C)nc1. The molecule has 0 aliphatic carbocycles. The van der Waals surface area contributed by atoms with Crippen molar-refractivity contribution in [2.75, 3.05) is 24.6 Å². The minimum atomic E-state index is 0.281. The molecule has 2 atom stereocenters. The van der Waals surface area contributed by atoms with Gasteiger partial charge in [0, 0.05) is 19.3 Å². The van der Waals surface area contributed by atoms with Gasteiger partial charge in [0.2, 0.25) is 0 Å². The van der Waals surface area contributed by atoms with E-state index in [2.05, 4.69) is 48.1 Å². The molecule has 1 N–H and O–H groups in total. The van der Waals surface area contributed by atoms with Crippen molar-refractivity contribution >= 4 is 5.82 Å². The van der Waals surface area contributed by atoms with E-state index in [-0.39, 0.29) is 6.10 Å². The van der Waals surface area contributed by atoms with Crippen LogP contribution in [0, 0.1) is 0 Å². The second kappa shape index (κ2) is 6.87. The molecule has 1 aliphatic rings. The number of aromatic nitrogens is 1. The average Bonchev–Trinajstić information content (AvgIpc) is 2.43. The van der Waals surface area contributed by atoms with Crippen LogP contribution in [0.1, 0.15) is 32.8 Å². The van der Waals surface area contributed by atoms with Crippen molar-refractivity contribution in [2.45, 2.75) is 45.9 Å². The third kappa shape index (κ3) is 3.91. The van der Waals surface area contributed by atoms with Crippen molar-refractivity contribution in [3.05, 3.63) is 23.9 Å². The maximum atomic E-state index is 5.65. The highest BCUT2D eigenvalue weighted by atomic mass is 16.5. The van der Waals surface area contributed by atoms with Crippen LogP contribution in [-0.4, -0.2) is 36.8 Å². The molecule has 0 saturated carbocycles. The number of morpholine rings is 1. The van der Waals surface area contributed by atoms with Gasteiger partial charge in [0.15, 0.2) is 0 Å². The number of nitrogens with zero attached hydrogens (tertiary/aromatic N) is 2. The molecule has 1 aromatic rings. The first-order valence-electron chi connectivity index (χ1n) is 7.24. The standard InChI is InChI=1S/C15H25N3O/c1-4-7-16-8-14-5-6-15(17-9-14)18-10-13(3)19-11-12(18)2/h5-6,9,12-13,16H,4,7-8,10-11H2,1-3H3. The van der Waals surface area contributed by atoms with Crippen LogP contribution >= 0.6 is 0 Å². The Bertz CT molecular complexity index is 379. The van der Waals surface area contributed by atoms with Crippen LogP contribution in [0.15, 0.2) is 18.3 Å². The van der Waals surface area contributed by atoms with E-state index in [9.17, 15) is 0 Å². The number of pyridine rings is 1. The summed E-state index contributed by atoms with van der Waals surface area (Å²) in [5.41, 5.74) is 1.24. The summed E-state index contributed by atoms with van der Waals surface area (Å²) >= 11 is 0. The molecule has 0 spiro atoms. The second-order valence-electron chi connectivity index (χ2n) is 5.35. The molecular weight excluding hydrogens is 238 g/mol. The van der Waals surface area contributed by atoms with Crippen LogP contribution in [0.5, 0.6) is 0 Å². The minimum absolute atomic E-state index is 0.281. The molecule has 2 heterocycles. The van der Waals surface area contributed by atoms with Crippen molar-refractivity contribution in [3.63, 3.8) is 0 Å². The number of nitrogens with one attached hydrogen (secondary N) is 1. The molecule has 2 rings (SSSR count). The lowest BCUT2D eigenvalue weighted by Gasteiger charge is -2.37. The molecule has 0 radical (unpaired) electrons. The van der Waals surface area contributed by atoms with Gasteiger partial charge in [-0.05, 0) is 38.4 Å². The molecule has 106 valence electrons. The van der Waals surface area contributed by atoms with Crippen LogP contribution in [0.3, 0.4) is 0 Å². The van der Waals surface area contributed by atoms with Crippen LogP contribution in [0.2, 0.25) is 0 Å². The molecule has 0 aromatic carbocycles. The van der Waals surface area contributed by atoms with Gasteiger partial charge in [-0.2, -0.15) is 0 Å². The Hall–Kier alpha value is -1.13. The van der Waals surface area contributed by atoms with Gasteiger partial charge in [0.05, 0.1) is 18.8 Å². The Morgan fingerprint density at radius 3 is 2.95 bits per heavy atom. The maximum Gasteiger partial charge on any atom is 0.128 e. The summed E-state index contributed by atoms with van der Waals surface area (Å²) < 4.78 is 5.65. The van der Waals surface area contributed by atoms with Crippen molar-refractivity contribution in [2.24, 2.45) is 0 Å². The van der Waals surface area contributed by atoms with Crippen molar-refractivity contribution < 1.29 is 4.74 Å². The molecule has 0 bridgehead atoms. The lowest BCUT2D eigenvalue weighted by Crippen LogP contribution is -2.47. The predicted octanol–water partition coefficient (Wildman–Crippen LogP) is 2.19. The quantitative estimate of drug-likeness (QED) is 0.826. The average molecular weight is 263 g/mol. The molecule has 19 heavy (non-hydrogen) atoms. The van der Waals surface area contributed by atoms with Crippen molar-refractivity contribution in [3.8, 4) is 0 Å². The van der Waals surface area contributed by atoms with E-state index < -0.39 is 0 Å². The Morgan fingerprint density at radius 1 is 1.42 bits per heavy atom. The monoisotopic (exact) mass is 263 g/mol. The summed E-state index contributed by atoms with van der Waals surface area (Å²) in [6.45, 7) is 10.1. The predicted molar refractivity (Wildman–Crippen MR) is 78.5 cm³/mol. The normalized spacial score (nSPS) is 23.6. The van der Waals surface area contributed by atoms with Crippen LogP contribution < -0.4 is 10.2 Å². The van der Waals surface area contributed by atoms with E-state index in [0.717, 1.165) is 38.5 Å². The summed E-state index contributed by atoms with van der Waals surface area (Å²) in [7, 11) is 0. The van der Waals surface area contributed by atoms with E-state index >= 15 is 0 Å². The van der Waals surface area contributed by atoms with Gasteiger partial charge in [-0.25, -0.2) is 4.98 Å². The van der Waals surface area contributed by atoms with Crippen LogP contribution in [-0.2, 0) is 11.3 Å². The zero-order valence-corrected chi connectivity index (χ0v) is 12.2. The number of hydrogen-bond acceptors (Lipinski definition) is 4. The first kappa shape index (κ1) is 14.3. The topological polar surface area (TPSA) is 37.4 Å². The largest absolute Gasteiger partial charge is 0.375 e. The fourth-order valence-corrected chi connectivity index (χ4v) is 2.32. The van der Waals surface area contributed by atoms with Gasteiger partial charge in [-0.15, -0.1) is 0 Å². The second-order valence-corrected chi connectivity index (χ2v) is 5.35. The molecule has 1 saturated heterocycles. The van der Waals surface area contributed by atoms with E-state index in [1.807, 2.05) is 6.20 Å². The molecular formula is C15H25N3O. The van der Waals surface area contributed by atoms with Gasteiger partial charge < -0.3 is 15.0 Å². The molecule has 4 nitrogen and oxygen atoms in total. The maximum absolute atomic E-state index is 5.65. The Balaban J connectivity index is 1.97. The summed E-state index contributed by atoms with van der Waals surface area (Å²) in [6, 6.07) is 4.68. The molecule has 1 aliphatic heterocycles. The smallest absolute Gasteiger partial charge is 0.128 e. The zero-order valence-electron chi connectivity index (χ0n) is 12.2. The Labute approximate surface area is 116 Å². The van der Waals surface area contributed by atoms with E-state index in [1.54, 1.807) is 0 Å². The first-order chi connectivity index (χ1) is 9.20. The number of anilines is 1. The fraction of sp³-hybridized carbons (Fsp3) is 0.667. The van der Waals surface area contributed by atoms with Crippen molar-refractivity contribution in [1.29, 1.82) is 0 Å². The van der Waals surface area contributed by atoms with Gasteiger partial charge in [-0.1, -0.05) is 13.0 Å². The minimum Gasteiger partial charge on any atom is -0.375 e. The Kier molecular flexibility index (Phi) is 5.16. The summed E-state index contributed by atoms with van der Waals surface area (Å²) in [5.74, 6) is 1.06. The third-order valence-corrected chi connectivity index (χ3v) is 3.47. The highest BCUT2D eigenvalue weighted by Crippen LogP contribution is 2.19. The molecule has 1 aromatic heterocycles. The van der Waals surface area contributed by atoms with Gasteiger partial charge in [0.1, 0.15) is 5.82 Å². The number of hydrogen-bond donors (Lipinski definition) is 1. The third-order valence-electron chi connectivity index (χ3n) is 3.47. The lowest BCUT2D eigenvalue weighted by molar-refractivity contribution is 0.0340. The van der Waals surface area contributed by atoms with Gasteiger partial charge in [0.25, 0.3) is 0 Å². The van der Waals surface area contributed by atoms with Crippen molar-refractivity contribution in [1.82, 2.24) is 10.3 Å². The van der Waals surface area contributed by atoms with Crippen LogP contribution in [0.25, 0.3) is 0 Å². The van der Waals surface area contributed by atoms with Crippen LogP contribution in [0.4, 0.5) is 5.82 Å². The Morgan fingerprint density at radius 2 is 2.26 bits per heavy atom. The van der Waals surface area contributed by atoms with Gasteiger partial charge >= 0.3 is 0 Å². The molecule has 0 amide bonds. The van der Waals surface area contributed by atoms with E-state index in [0.29, 0.717) is 6.04 Å². The summed E-state index contributed by atoms with van der Waals surface area (Å²) in [4.78, 5) is 6.93. The van der Waals surface area contributed by atoms with E-state index in [1.165, 1.54) is 5.56 Å². The summed E-state index contributed by atoms with van der Waals surface area (Å²) in [5, 5.41) is 3.39. The van der Waals surface area contributed by atoms with Gasteiger partial charge in [-0.3, -0.25) is 0 Å². The lowest BCUT2D eigenvalue weighted by atomic mass is 10.2. The summed E-state index contributed by atoms with van der Waals surface area (Å²) in [6.07, 6.45) is 3.42. The first-order valence-corrected chi connectivity index (χ1v) is 7.24. The highest BCUT2D eigenvalue weighted by molar-refractivity contribution is 5.41. The zero-order chi connectivity index (χ0) is 13.7.